The summed E-state index contributed by atoms with van der Waals surface area (Å²) in [6, 6.07) is 2.61. The highest BCUT2D eigenvalue weighted by Crippen LogP contribution is 2.22. The van der Waals surface area contributed by atoms with E-state index >= 15 is 0 Å². The molecule has 0 amide bonds. The van der Waals surface area contributed by atoms with Gasteiger partial charge in [0.1, 0.15) is 0 Å². The van der Waals surface area contributed by atoms with Crippen LogP contribution in [0, 0.1) is 0 Å². The van der Waals surface area contributed by atoms with Gasteiger partial charge in [0, 0.05) is 22.9 Å². The largest absolute Gasteiger partial charge is 0.310 e. The number of nitrogens with one attached hydrogen (secondary N) is 1. The lowest BCUT2D eigenvalue weighted by atomic mass is 10.0. The fourth-order valence-electron chi connectivity index (χ4n) is 2.03. The molecule has 17 heavy (non-hydrogen) atoms. The van der Waals surface area contributed by atoms with E-state index in [-0.39, 0.29) is 0 Å². The molecule has 1 unspecified atom stereocenters. The number of rotatable bonds is 8. The Bertz CT molecular complexity index is 315. The van der Waals surface area contributed by atoms with Gasteiger partial charge in [-0.3, -0.25) is 4.98 Å². The van der Waals surface area contributed by atoms with Gasteiger partial charge in [0.15, 0.2) is 0 Å². The van der Waals surface area contributed by atoms with Crippen LogP contribution < -0.4 is 5.32 Å². The Morgan fingerprint density at radius 2 is 2.06 bits per heavy atom. The van der Waals surface area contributed by atoms with Crippen LogP contribution in [0.25, 0.3) is 0 Å². The van der Waals surface area contributed by atoms with Gasteiger partial charge >= 0.3 is 0 Å². The number of unbranched alkanes of at least 4 members (excludes halogenated alkanes) is 3. The zero-order valence-corrected chi connectivity index (χ0v) is 12.5. The van der Waals surface area contributed by atoms with E-state index < -0.39 is 0 Å². The molecular weight excluding hydrogens is 276 g/mol. The fourth-order valence-corrected chi connectivity index (χ4v) is 2.41. The fraction of sp³-hybridized carbons (Fsp3) is 0.643. The summed E-state index contributed by atoms with van der Waals surface area (Å²) in [5, 5.41) is 3.54. The lowest BCUT2D eigenvalue weighted by molar-refractivity contribution is 0.480. The normalized spacial score (nSPS) is 12.6. The van der Waals surface area contributed by atoms with Crippen LogP contribution in [-0.4, -0.2) is 11.5 Å². The van der Waals surface area contributed by atoms with E-state index in [0.29, 0.717) is 6.04 Å². The maximum absolute atomic E-state index is 4.24. The standard InChI is InChI=1S/C14H23BrN2/c1-3-5-6-7-8-14(17-4-2)12-9-13(15)11-16-10-12/h9-11,14,17H,3-8H2,1-2H3. The van der Waals surface area contributed by atoms with E-state index in [9.17, 15) is 0 Å². The van der Waals surface area contributed by atoms with Crippen molar-refractivity contribution in [1.29, 1.82) is 0 Å². The molecule has 1 aromatic heterocycles. The second-order valence-corrected chi connectivity index (χ2v) is 5.31. The SMILES string of the molecule is CCCCCCC(NCC)c1cncc(Br)c1. The number of aromatic nitrogens is 1. The smallest absolute Gasteiger partial charge is 0.0410 e. The van der Waals surface area contributed by atoms with E-state index in [4.69, 9.17) is 0 Å². The predicted octanol–water partition coefficient (Wildman–Crippen LogP) is 4.47. The molecule has 1 aromatic rings. The zero-order chi connectivity index (χ0) is 12.5. The van der Waals surface area contributed by atoms with Crippen molar-refractivity contribution < 1.29 is 0 Å². The van der Waals surface area contributed by atoms with Crippen molar-refractivity contribution in [1.82, 2.24) is 10.3 Å². The molecule has 0 fully saturated rings. The van der Waals surface area contributed by atoms with Crippen molar-refractivity contribution in [2.24, 2.45) is 0 Å². The molecule has 0 aliphatic heterocycles. The molecule has 0 radical (unpaired) electrons. The number of hydrogen-bond donors (Lipinski definition) is 1. The summed E-state index contributed by atoms with van der Waals surface area (Å²) < 4.78 is 1.06. The van der Waals surface area contributed by atoms with Crippen LogP contribution in [0.15, 0.2) is 22.9 Å². The van der Waals surface area contributed by atoms with Crippen molar-refractivity contribution >= 4 is 15.9 Å². The molecule has 2 nitrogen and oxygen atoms in total. The number of halogens is 1. The minimum atomic E-state index is 0.446. The van der Waals surface area contributed by atoms with E-state index in [2.05, 4.69) is 46.1 Å². The van der Waals surface area contributed by atoms with Crippen molar-refractivity contribution in [3.63, 3.8) is 0 Å². The summed E-state index contributed by atoms with van der Waals surface area (Å²) in [4.78, 5) is 4.24. The zero-order valence-electron chi connectivity index (χ0n) is 10.9. The molecule has 1 N–H and O–H groups in total. The third-order valence-corrected chi connectivity index (χ3v) is 3.36. The van der Waals surface area contributed by atoms with Crippen molar-refractivity contribution in [2.45, 2.75) is 52.0 Å². The Labute approximate surface area is 113 Å². The molecule has 0 bridgehead atoms. The highest BCUT2D eigenvalue weighted by molar-refractivity contribution is 9.10. The maximum Gasteiger partial charge on any atom is 0.0410 e. The average molecular weight is 299 g/mol. The second-order valence-electron chi connectivity index (χ2n) is 4.40. The van der Waals surface area contributed by atoms with E-state index in [1.807, 2.05) is 12.4 Å². The van der Waals surface area contributed by atoms with Crippen LogP contribution in [0.2, 0.25) is 0 Å². The van der Waals surface area contributed by atoms with E-state index in [0.717, 1.165) is 11.0 Å². The van der Waals surface area contributed by atoms with Crippen LogP contribution in [0.5, 0.6) is 0 Å². The van der Waals surface area contributed by atoms with Gasteiger partial charge in [-0.1, -0.05) is 39.5 Å². The maximum atomic E-state index is 4.24. The Kier molecular flexibility index (Phi) is 7.45. The molecule has 1 heterocycles. The first kappa shape index (κ1) is 14.7. The lowest BCUT2D eigenvalue weighted by Gasteiger charge is -2.18. The minimum absolute atomic E-state index is 0.446. The van der Waals surface area contributed by atoms with E-state index in [1.54, 1.807) is 0 Å². The lowest BCUT2D eigenvalue weighted by Crippen LogP contribution is -2.21. The van der Waals surface area contributed by atoms with Crippen LogP contribution in [0.1, 0.15) is 57.6 Å². The molecule has 0 saturated heterocycles. The summed E-state index contributed by atoms with van der Waals surface area (Å²) >= 11 is 3.48. The molecule has 0 aliphatic carbocycles. The monoisotopic (exact) mass is 298 g/mol. The van der Waals surface area contributed by atoms with Gasteiger partial charge in [-0.2, -0.15) is 0 Å². The minimum Gasteiger partial charge on any atom is -0.310 e. The Balaban J connectivity index is 2.52. The molecule has 1 rings (SSSR count). The first-order valence-corrected chi connectivity index (χ1v) is 7.41. The van der Waals surface area contributed by atoms with Gasteiger partial charge in [0.05, 0.1) is 0 Å². The molecule has 96 valence electrons. The third-order valence-electron chi connectivity index (χ3n) is 2.93. The van der Waals surface area contributed by atoms with Crippen molar-refractivity contribution in [3.8, 4) is 0 Å². The quantitative estimate of drug-likeness (QED) is 0.717. The van der Waals surface area contributed by atoms with Gasteiger partial charge < -0.3 is 5.32 Å². The highest BCUT2D eigenvalue weighted by atomic mass is 79.9. The summed E-state index contributed by atoms with van der Waals surface area (Å²) in [6.07, 6.45) is 10.3. The predicted molar refractivity (Wildman–Crippen MR) is 77.1 cm³/mol. The number of hydrogen-bond acceptors (Lipinski definition) is 2. The molecule has 0 aromatic carbocycles. The Morgan fingerprint density at radius 3 is 2.71 bits per heavy atom. The second kappa shape index (κ2) is 8.65. The van der Waals surface area contributed by atoms with Crippen molar-refractivity contribution in [2.75, 3.05) is 6.54 Å². The van der Waals surface area contributed by atoms with Gasteiger partial charge in [-0.25, -0.2) is 0 Å². The molecule has 0 aliphatic rings. The highest BCUT2D eigenvalue weighted by Gasteiger charge is 2.10. The Morgan fingerprint density at radius 1 is 1.24 bits per heavy atom. The molecule has 0 saturated carbocycles. The first-order valence-electron chi connectivity index (χ1n) is 6.61. The van der Waals surface area contributed by atoms with Crippen LogP contribution in [0.3, 0.4) is 0 Å². The van der Waals surface area contributed by atoms with Crippen LogP contribution >= 0.6 is 15.9 Å². The first-order chi connectivity index (χ1) is 8.27. The van der Waals surface area contributed by atoms with Gasteiger partial charge in [0.25, 0.3) is 0 Å². The summed E-state index contributed by atoms with van der Waals surface area (Å²) in [6.45, 7) is 5.41. The summed E-state index contributed by atoms with van der Waals surface area (Å²) in [5.74, 6) is 0. The Hall–Kier alpha value is -0.410. The molecule has 0 spiro atoms. The average Bonchev–Trinajstić information content (AvgIpc) is 2.33. The van der Waals surface area contributed by atoms with Gasteiger partial charge in [0.2, 0.25) is 0 Å². The topological polar surface area (TPSA) is 24.9 Å². The van der Waals surface area contributed by atoms with Gasteiger partial charge in [-0.15, -0.1) is 0 Å². The number of nitrogens with zero attached hydrogens (tertiary/aromatic N) is 1. The molecule has 1 atom stereocenters. The molecule has 3 heteroatoms. The summed E-state index contributed by atoms with van der Waals surface area (Å²) in [5.41, 5.74) is 1.29. The third kappa shape index (κ3) is 5.64. The van der Waals surface area contributed by atoms with E-state index in [1.165, 1.54) is 37.7 Å². The number of pyridine rings is 1. The van der Waals surface area contributed by atoms with Gasteiger partial charge in [-0.05, 0) is 40.5 Å². The summed E-state index contributed by atoms with van der Waals surface area (Å²) in [7, 11) is 0. The van der Waals surface area contributed by atoms with Crippen molar-refractivity contribution in [3.05, 3.63) is 28.5 Å². The van der Waals surface area contributed by atoms with Crippen LogP contribution in [-0.2, 0) is 0 Å². The molecular formula is C14H23BrN2. The van der Waals surface area contributed by atoms with Crippen LogP contribution in [0.4, 0.5) is 0 Å².